The molecule has 8 heteroatoms. The highest BCUT2D eigenvalue weighted by Gasteiger charge is 2.13. The Kier molecular flexibility index (Phi) is 5.81. The fraction of sp³-hybridized carbons (Fsp3) is 0.217. The fourth-order valence-corrected chi connectivity index (χ4v) is 3.52. The van der Waals surface area contributed by atoms with Crippen molar-refractivity contribution in [3.63, 3.8) is 0 Å². The highest BCUT2D eigenvalue weighted by Crippen LogP contribution is 2.28. The van der Waals surface area contributed by atoms with Crippen molar-refractivity contribution in [2.24, 2.45) is 0 Å². The van der Waals surface area contributed by atoms with Crippen LogP contribution < -0.4 is 10.1 Å². The largest absolute Gasteiger partial charge is 0.496 e. The van der Waals surface area contributed by atoms with Crippen molar-refractivity contribution in [1.29, 1.82) is 0 Å². The summed E-state index contributed by atoms with van der Waals surface area (Å²) >= 11 is 0. The number of aromatic nitrogens is 3. The van der Waals surface area contributed by atoms with Gasteiger partial charge in [0.1, 0.15) is 17.9 Å². The highest BCUT2D eigenvalue weighted by atomic mass is 19.2. The number of hydrogen-bond donors (Lipinski definition) is 1. The molecule has 0 unspecified atom stereocenters. The molecule has 0 fully saturated rings. The number of methoxy groups -OCH3 is 1. The van der Waals surface area contributed by atoms with Gasteiger partial charge in [-0.15, -0.1) is 10.2 Å². The van der Waals surface area contributed by atoms with E-state index < -0.39 is 11.6 Å². The third-order valence-corrected chi connectivity index (χ3v) is 5.00. The Hall–Kier alpha value is -3.52. The SMILES string of the molecule is COc1cc(F)c(F)cc1CNc1ccc(-c2ccc(CN(C)C)cc2)c2nncn12. The number of halogens is 2. The summed E-state index contributed by atoms with van der Waals surface area (Å²) in [5.74, 6) is -0.858. The van der Waals surface area contributed by atoms with Crippen LogP contribution in [0.25, 0.3) is 16.8 Å². The number of hydrogen-bond acceptors (Lipinski definition) is 5. The summed E-state index contributed by atoms with van der Waals surface area (Å²) in [5, 5.41) is 11.6. The summed E-state index contributed by atoms with van der Waals surface area (Å²) in [7, 11) is 5.50. The molecule has 4 aromatic rings. The molecule has 2 aromatic heterocycles. The lowest BCUT2D eigenvalue weighted by atomic mass is 10.0. The van der Waals surface area contributed by atoms with Gasteiger partial charge in [-0.05, 0) is 43.4 Å². The zero-order valence-corrected chi connectivity index (χ0v) is 17.6. The van der Waals surface area contributed by atoms with Crippen molar-refractivity contribution < 1.29 is 13.5 Å². The molecule has 0 amide bonds. The van der Waals surface area contributed by atoms with Crippen LogP contribution in [0.5, 0.6) is 5.75 Å². The number of rotatable bonds is 7. The van der Waals surface area contributed by atoms with Crippen LogP contribution in [-0.2, 0) is 13.1 Å². The van der Waals surface area contributed by atoms with E-state index in [0.29, 0.717) is 11.2 Å². The van der Waals surface area contributed by atoms with Crippen LogP contribution in [0.1, 0.15) is 11.1 Å². The molecule has 0 aliphatic heterocycles. The highest BCUT2D eigenvalue weighted by molar-refractivity contribution is 5.79. The van der Waals surface area contributed by atoms with Crippen LogP contribution in [-0.4, -0.2) is 40.7 Å². The van der Waals surface area contributed by atoms with Crippen molar-refractivity contribution in [2.45, 2.75) is 13.1 Å². The summed E-state index contributed by atoms with van der Waals surface area (Å²) in [6, 6.07) is 14.4. The van der Waals surface area contributed by atoms with E-state index in [1.54, 1.807) is 6.33 Å². The molecule has 0 aliphatic carbocycles. The zero-order chi connectivity index (χ0) is 22.0. The number of ether oxygens (including phenoxy) is 1. The lowest BCUT2D eigenvalue weighted by Gasteiger charge is -2.14. The van der Waals surface area contributed by atoms with Crippen molar-refractivity contribution in [3.05, 3.63) is 77.6 Å². The topological polar surface area (TPSA) is 54.7 Å². The molecular formula is C23H23F2N5O. The first-order valence-corrected chi connectivity index (χ1v) is 9.79. The Morgan fingerprint density at radius 1 is 1.03 bits per heavy atom. The Balaban J connectivity index is 1.61. The van der Waals surface area contributed by atoms with Gasteiger partial charge in [0.25, 0.3) is 0 Å². The van der Waals surface area contributed by atoms with Gasteiger partial charge in [0.15, 0.2) is 17.3 Å². The van der Waals surface area contributed by atoms with Crippen LogP contribution in [0.4, 0.5) is 14.6 Å². The fourth-order valence-electron chi connectivity index (χ4n) is 3.52. The van der Waals surface area contributed by atoms with Crippen LogP contribution in [0.15, 0.2) is 54.9 Å². The summed E-state index contributed by atoms with van der Waals surface area (Å²) in [4.78, 5) is 2.12. The Morgan fingerprint density at radius 3 is 2.48 bits per heavy atom. The first-order chi connectivity index (χ1) is 15.0. The lowest BCUT2D eigenvalue weighted by Crippen LogP contribution is -2.10. The second-order valence-electron chi connectivity index (χ2n) is 7.52. The zero-order valence-electron chi connectivity index (χ0n) is 17.6. The van der Waals surface area contributed by atoms with Crippen molar-refractivity contribution in [2.75, 3.05) is 26.5 Å². The van der Waals surface area contributed by atoms with E-state index in [1.165, 1.54) is 12.7 Å². The normalized spacial score (nSPS) is 11.3. The molecule has 160 valence electrons. The van der Waals surface area contributed by atoms with Gasteiger partial charge in [0.2, 0.25) is 0 Å². The molecule has 2 heterocycles. The standard InChI is InChI=1S/C23H23F2N5O/c1-29(2)13-15-4-6-16(7-5-15)18-8-9-22(30-14-27-28-23(18)30)26-12-17-10-19(24)20(25)11-21(17)31-3/h4-11,14,26H,12-13H2,1-3H3. The quantitative estimate of drug-likeness (QED) is 0.479. The molecule has 0 radical (unpaired) electrons. The van der Waals surface area contributed by atoms with E-state index in [2.05, 4.69) is 44.7 Å². The lowest BCUT2D eigenvalue weighted by molar-refractivity contribution is 0.401. The van der Waals surface area contributed by atoms with E-state index in [0.717, 1.165) is 35.6 Å². The van der Waals surface area contributed by atoms with E-state index >= 15 is 0 Å². The molecule has 0 saturated heterocycles. The predicted octanol–water partition coefficient (Wildman–Crippen LogP) is 4.36. The number of pyridine rings is 1. The van der Waals surface area contributed by atoms with Gasteiger partial charge in [0, 0.05) is 30.3 Å². The molecule has 31 heavy (non-hydrogen) atoms. The van der Waals surface area contributed by atoms with Crippen LogP contribution in [0.3, 0.4) is 0 Å². The number of nitrogens with zero attached hydrogens (tertiary/aromatic N) is 4. The minimum Gasteiger partial charge on any atom is -0.496 e. The van der Waals surface area contributed by atoms with E-state index in [9.17, 15) is 8.78 Å². The molecule has 0 aliphatic rings. The van der Waals surface area contributed by atoms with Crippen LogP contribution >= 0.6 is 0 Å². The number of fused-ring (bicyclic) bond motifs is 1. The number of benzene rings is 2. The third-order valence-electron chi connectivity index (χ3n) is 5.00. The van der Waals surface area contributed by atoms with Gasteiger partial charge >= 0.3 is 0 Å². The number of nitrogens with one attached hydrogen (secondary N) is 1. The molecule has 0 spiro atoms. The smallest absolute Gasteiger partial charge is 0.170 e. The predicted molar refractivity (Wildman–Crippen MR) is 116 cm³/mol. The summed E-state index contributed by atoms with van der Waals surface area (Å²) in [6.45, 7) is 1.11. The van der Waals surface area contributed by atoms with Crippen molar-refractivity contribution in [1.82, 2.24) is 19.5 Å². The maximum absolute atomic E-state index is 13.7. The average Bonchev–Trinajstić information content (AvgIpc) is 3.24. The molecule has 2 aromatic carbocycles. The molecule has 1 N–H and O–H groups in total. The van der Waals surface area contributed by atoms with E-state index in [4.69, 9.17) is 4.74 Å². The molecule has 6 nitrogen and oxygen atoms in total. The van der Waals surface area contributed by atoms with Gasteiger partial charge in [-0.25, -0.2) is 8.78 Å². The van der Waals surface area contributed by atoms with Crippen molar-refractivity contribution >= 4 is 11.5 Å². The molecule has 4 rings (SSSR count). The average molecular weight is 423 g/mol. The molecule has 0 atom stereocenters. The number of anilines is 1. The summed E-state index contributed by atoms with van der Waals surface area (Å²) in [5.41, 5.74) is 4.41. The monoisotopic (exact) mass is 423 g/mol. The maximum atomic E-state index is 13.7. The van der Waals surface area contributed by atoms with Crippen LogP contribution in [0, 0.1) is 11.6 Å². The first kappa shape index (κ1) is 20.7. The minimum absolute atomic E-state index is 0.242. The van der Waals surface area contributed by atoms with Gasteiger partial charge < -0.3 is 15.0 Å². The van der Waals surface area contributed by atoms with Crippen LogP contribution in [0.2, 0.25) is 0 Å². The Labute approximate surface area is 179 Å². The second-order valence-corrected chi connectivity index (χ2v) is 7.52. The Bertz CT molecular complexity index is 1200. The van der Waals surface area contributed by atoms with Gasteiger partial charge in [-0.1, -0.05) is 24.3 Å². The van der Waals surface area contributed by atoms with Gasteiger partial charge in [-0.2, -0.15) is 0 Å². The minimum atomic E-state index is -0.942. The molecule has 0 saturated carbocycles. The molecule has 0 bridgehead atoms. The van der Waals surface area contributed by atoms with E-state index in [1.807, 2.05) is 30.6 Å². The maximum Gasteiger partial charge on any atom is 0.170 e. The molecular weight excluding hydrogens is 400 g/mol. The first-order valence-electron chi connectivity index (χ1n) is 9.79. The van der Waals surface area contributed by atoms with Crippen molar-refractivity contribution in [3.8, 4) is 16.9 Å². The third kappa shape index (κ3) is 4.34. The Morgan fingerprint density at radius 2 is 1.77 bits per heavy atom. The summed E-state index contributed by atoms with van der Waals surface area (Å²) < 4.78 is 34.1. The van der Waals surface area contributed by atoms with Gasteiger partial charge in [0.05, 0.1) is 7.11 Å². The second kappa shape index (κ2) is 8.69. The summed E-state index contributed by atoms with van der Waals surface area (Å²) in [6.07, 6.45) is 1.62. The van der Waals surface area contributed by atoms with Gasteiger partial charge in [-0.3, -0.25) is 4.40 Å². The van der Waals surface area contributed by atoms with E-state index in [-0.39, 0.29) is 12.3 Å².